The van der Waals surface area contributed by atoms with Gasteiger partial charge in [0.05, 0.1) is 11.4 Å². The molecule has 1 unspecified atom stereocenters. The summed E-state index contributed by atoms with van der Waals surface area (Å²) in [6.45, 7) is 8.45. The van der Waals surface area contributed by atoms with Crippen molar-refractivity contribution in [3.05, 3.63) is 17.5 Å². The van der Waals surface area contributed by atoms with E-state index in [1.165, 1.54) is 30.8 Å². The van der Waals surface area contributed by atoms with E-state index in [9.17, 15) is 0 Å². The van der Waals surface area contributed by atoms with E-state index >= 15 is 0 Å². The molecule has 0 saturated carbocycles. The summed E-state index contributed by atoms with van der Waals surface area (Å²) in [7, 11) is 0. The van der Waals surface area contributed by atoms with Crippen molar-refractivity contribution in [2.75, 3.05) is 13.1 Å². The number of piperidine rings is 1. The lowest BCUT2D eigenvalue weighted by atomic mass is 10.1. The van der Waals surface area contributed by atoms with E-state index < -0.39 is 0 Å². The second-order valence-corrected chi connectivity index (χ2v) is 4.93. The Labute approximate surface area is 104 Å². The monoisotopic (exact) mass is 236 g/mol. The third kappa shape index (κ3) is 3.07. The summed E-state index contributed by atoms with van der Waals surface area (Å²) < 4.78 is 2.12. The van der Waals surface area contributed by atoms with E-state index in [1.807, 2.05) is 0 Å². The van der Waals surface area contributed by atoms with Crippen LogP contribution in [0.15, 0.2) is 6.07 Å². The number of aryl methyl sites for hydroxylation is 2. The van der Waals surface area contributed by atoms with E-state index in [1.54, 1.807) is 0 Å². The second kappa shape index (κ2) is 5.65. The number of nitrogens with zero attached hydrogens (tertiary/aromatic N) is 3. The van der Waals surface area contributed by atoms with E-state index in [2.05, 4.69) is 34.6 Å². The first kappa shape index (κ1) is 12.6. The number of aromatic nitrogens is 2. The first-order chi connectivity index (χ1) is 8.22. The Morgan fingerprint density at radius 2 is 2.29 bits per heavy atom. The van der Waals surface area contributed by atoms with Crippen LogP contribution in [-0.4, -0.2) is 33.8 Å². The molecule has 0 spiro atoms. The van der Waals surface area contributed by atoms with Gasteiger partial charge in [-0.15, -0.1) is 0 Å². The van der Waals surface area contributed by atoms with E-state index in [0.717, 1.165) is 26.1 Å². The highest BCUT2D eigenvalue weighted by Gasteiger charge is 2.18. The van der Waals surface area contributed by atoms with Gasteiger partial charge in [-0.1, -0.05) is 6.92 Å². The SMILES string of the molecule is CCc1cc(CN2CCCC(N)C2)n(CC)n1. The van der Waals surface area contributed by atoms with Crippen molar-refractivity contribution in [2.45, 2.75) is 52.2 Å². The van der Waals surface area contributed by atoms with Crippen molar-refractivity contribution in [3.63, 3.8) is 0 Å². The molecule has 1 fully saturated rings. The molecular weight excluding hydrogens is 212 g/mol. The van der Waals surface area contributed by atoms with Crippen molar-refractivity contribution in [1.29, 1.82) is 0 Å². The highest BCUT2D eigenvalue weighted by atomic mass is 15.3. The number of hydrogen-bond donors (Lipinski definition) is 1. The maximum atomic E-state index is 6.02. The van der Waals surface area contributed by atoms with Crippen LogP contribution in [0.2, 0.25) is 0 Å². The quantitative estimate of drug-likeness (QED) is 0.859. The zero-order valence-electron chi connectivity index (χ0n) is 11.0. The predicted octanol–water partition coefficient (Wildman–Crippen LogP) is 1.39. The lowest BCUT2D eigenvalue weighted by Gasteiger charge is -2.30. The highest BCUT2D eigenvalue weighted by molar-refractivity contribution is 5.10. The van der Waals surface area contributed by atoms with E-state index in [-0.39, 0.29) is 0 Å². The summed E-state index contributed by atoms with van der Waals surface area (Å²) in [6, 6.07) is 2.59. The fraction of sp³-hybridized carbons (Fsp3) is 0.769. The van der Waals surface area contributed by atoms with Gasteiger partial charge in [-0.2, -0.15) is 5.10 Å². The number of rotatable bonds is 4. The molecule has 0 aromatic carbocycles. The molecule has 0 aliphatic carbocycles. The van der Waals surface area contributed by atoms with Gasteiger partial charge in [0.25, 0.3) is 0 Å². The van der Waals surface area contributed by atoms with Gasteiger partial charge < -0.3 is 5.73 Å². The fourth-order valence-corrected chi connectivity index (χ4v) is 2.55. The van der Waals surface area contributed by atoms with Crippen LogP contribution in [0.4, 0.5) is 0 Å². The maximum absolute atomic E-state index is 6.02. The Morgan fingerprint density at radius 3 is 2.94 bits per heavy atom. The summed E-state index contributed by atoms with van der Waals surface area (Å²) in [4.78, 5) is 2.46. The molecular formula is C13H24N4. The highest BCUT2D eigenvalue weighted by Crippen LogP contribution is 2.14. The van der Waals surface area contributed by atoms with Crippen molar-refractivity contribution in [1.82, 2.24) is 14.7 Å². The van der Waals surface area contributed by atoms with Crippen LogP contribution in [-0.2, 0) is 19.5 Å². The van der Waals surface area contributed by atoms with Crippen molar-refractivity contribution in [2.24, 2.45) is 5.73 Å². The Morgan fingerprint density at radius 1 is 1.47 bits per heavy atom. The number of hydrogen-bond acceptors (Lipinski definition) is 3. The van der Waals surface area contributed by atoms with Gasteiger partial charge >= 0.3 is 0 Å². The minimum atomic E-state index is 0.354. The molecule has 1 saturated heterocycles. The molecule has 0 bridgehead atoms. The van der Waals surface area contributed by atoms with Gasteiger partial charge in [0.2, 0.25) is 0 Å². The molecule has 1 aliphatic heterocycles. The fourth-order valence-electron chi connectivity index (χ4n) is 2.55. The summed E-state index contributed by atoms with van der Waals surface area (Å²) in [5.74, 6) is 0. The van der Waals surface area contributed by atoms with E-state index in [0.29, 0.717) is 6.04 Å². The van der Waals surface area contributed by atoms with Crippen LogP contribution in [0.5, 0.6) is 0 Å². The van der Waals surface area contributed by atoms with Crippen LogP contribution >= 0.6 is 0 Å². The second-order valence-electron chi connectivity index (χ2n) is 4.93. The summed E-state index contributed by atoms with van der Waals surface area (Å²) in [6.07, 6.45) is 3.41. The Kier molecular flexibility index (Phi) is 4.18. The molecule has 4 nitrogen and oxygen atoms in total. The molecule has 2 N–H and O–H groups in total. The first-order valence-corrected chi connectivity index (χ1v) is 6.76. The maximum Gasteiger partial charge on any atom is 0.0625 e. The first-order valence-electron chi connectivity index (χ1n) is 6.76. The van der Waals surface area contributed by atoms with E-state index in [4.69, 9.17) is 5.73 Å². The molecule has 2 heterocycles. The lowest BCUT2D eigenvalue weighted by molar-refractivity contribution is 0.196. The number of likely N-dealkylation sites (tertiary alicyclic amines) is 1. The average Bonchev–Trinajstić information content (AvgIpc) is 2.71. The van der Waals surface area contributed by atoms with Gasteiger partial charge in [-0.05, 0) is 38.8 Å². The molecule has 0 radical (unpaired) electrons. The molecule has 2 rings (SSSR count). The van der Waals surface area contributed by atoms with Gasteiger partial charge in [0, 0.05) is 25.7 Å². The normalized spacial score (nSPS) is 21.9. The van der Waals surface area contributed by atoms with Gasteiger partial charge in [0.15, 0.2) is 0 Å². The average molecular weight is 236 g/mol. The molecule has 1 atom stereocenters. The molecule has 1 aromatic heterocycles. The molecule has 0 amide bonds. The summed E-state index contributed by atoms with van der Waals surface area (Å²) in [5.41, 5.74) is 8.55. The smallest absolute Gasteiger partial charge is 0.0625 e. The van der Waals surface area contributed by atoms with Crippen molar-refractivity contribution >= 4 is 0 Å². The van der Waals surface area contributed by atoms with Crippen LogP contribution < -0.4 is 5.73 Å². The van der Waals surface area contributed by atoms with Gasteiger partial charge in [-0.3, -0.25) is 9.58 Å². The summed E-state index contributed by atoms with van der Waals surface area (Å²) in [5, 5.41) is 4.59. The van der Waals surface area contributed by atoms with Crippen LogP contribution in [0.1, 0.15) is 38.1 Å². The third-order valence-electron chi connectivity index (χ3n) is 3.50. The van der Waals surface area contributed by atoms with Gasteiger partial charge in [0.1, 0.15) is 0 Å². The van der Waals surface area contributed by atoms with Crippen LogP contribution in [0.3, 0.4) is 0 Å². The minimum absolute atomic E-state index is 0.354. The van der Waals surface area contributed by atoms with Crippen molar-refractivity contribution in [3.8, 4) is 0 Å². The zero-order valence-corrected chi connectivity index (χ0v) is 11.0. The van der Waals surface area contributed by atoms with Gasteiger partial charge in [-0.25, -0.2) is 0 Å². The Hall–Kier alpha value is -0.870. The number of nitrogens with two attached hydrogens (primary N) is 1. The predicted molar refractivity (Wildman–Crippen MR) is 69.8 cm³/mol. The Balaban J connectivity index is 2.03. The molecule has 1 aromatic rings. The molecule has 17 heavy (non-hydrogen) atoms. The minimum Gasteiger partial charge on any atom is -0.327 e. The zero-order chi connectivity index (χ0) is 12.3. The lowest BCUT2D eigenvalue weighted by Crippen LogP contribution is -2.42. The third-order valence-corrected chi connectivity index (χ3v) is 3.50. The molecule has 1 aliphatic rings. The molecule has 96 valence electrons. The van der Waals surface area contributed by atoms with Crippen LogP contribution in [0.25, 0.3) is 0 Å². The summed E-state index contributed by atoms with van der Waals surface area (Å²) >= 11 is 0. The van der Waals surface area contributed by atoms with Crippen molar-refractivity contribution < 1.29 is 0 Å². The standard InChI is InChI=1S/C13H24N4/c1-3-12-8-13(17(4-2)15-12)10-16-7-5-6-11(14)9-16/h8,11H,3-7,9-10,14H2,1-2H3. The topological polar surface area (TPSA) is 47.1 Å². The molecule has 4 heteroatoms. The largest absolute Gasteiger partial charge is 0.327 e. The van der Waals surface area contributed by atoms with Crippen LogP contribution in [0, 0.1) is 0 Å². The Bertz CT molecular complexity index is 358.